The zero-order valence-corrected chi connectivity index (χ0v) is 11.6. The van der Waals surface area contributed by atoms with Crippen molar-refractivity contribution in [3.05, 3.63) is 29.3 Å². The standard InChI is InChI=1S/C15H24O2/c1-11(2)14-7-6-12(3)15(10-14)17-13(4)8-9-16-5/h6-7,10-11,13H,8-9H2,1-5H3. The van der Waals surface area contributed by atoms with Crippen LogP contribution in [0.25, 0.3) is 0 Å². The monoisotopic (exact) mass is 236 g/mol. The summed E-state index contributed by atoms with van der Waals surface area (Å²) in [5.74, 6) is 1.53. The summed E-state index contributed by atoms with van der Waals surface area (Å²) >= 11 is 0. The lowest BCUT2D eigenvalue weighted by atomic mass is 10.0. The molecule has 0 spiro atoms. The van der Waals surface area contributed by atoms with Crippen LogP contribution in [0.2, 0.25) is 0 Å². The number of ether oxygens (including phenoxy) is 2. The summed E-state index contributed by atoms with van der Waals surface area (Å²) in [5, 5.41) is 0. The molecular formula is C15H24O2. The zero-order chi connectivity index (χ0) is 12.8. The Hall–Kier alpha value is -1.02. The van der Waals surface area contributed by atoms with Gasteiger partial charge in [-0.3, -0.25) is 0 Å². The maximum Gasteiger partial charge on any atom is 0.122 e. The van der Waals surface area contributed by atoms with Crippen LogP contribution in [0.4, 0.5) is 0 Å². The summed E-state index contributed by atoms with van der Waals surface area (Å²) in [4.78, 5) is 0. The van der Waals surface area contributed by atoms with Gasteiger partial charge in [0, 0.05) is 20.1 Å². The van der Waals surface area contributed by atoms with Gasteiger partial charge in [-0.15, -0.1) is 0 Å². The van der Waals surface area contributed by atoms with Gasteiger partial charge in [0.15, 0.2) is 0 Å². The Morgan fingerprint density at radius 3 is 2.47 bits per heavy atom. The summed E-state index contributed by atoms with van der Waals surface area (Å²) in [6, 6.07) is 6.46. The second kappa shape index (κ2) is 6.65. The van der Waals surface area contributed by atoms with E-state index in [1.807, 2.05) is 0 Å². The molecule has 1 unspecified atom stereocenters. The first-order valence-corrected chi connectivity index (χ1v) is 6.30. The van der Waals surface area contributed by atoms with E-state index in [0.29, 0.717) is 5.92 Å². The van der Waals surface area contributed by atoms with E-state index >= 15 is 0 Å². The topological polar surface area (TPSA) is 18.5 Å². The number of benzene rings is 1. The fourth-order valence-electron chi connectivity index (χ4n) is 1.66. The van der Waals surface area contributed by atoms with Gasteiger partial charge in [0.05, 0.1) is 6.10 Å². The third-order valence-corrected chi connectivity index (χ3v) is 2.94. The Bertz CT molecular complexity index is 345. The highest BCUT2D eigenvalue weighted by atomic mass is 16.5. The molecule has 0 N–H and O–H groups in total. The van der Waals surface area contributed by atoms with Crippen molar-refractivity contribution in [2.75, 3.05) is 13.7 Å². The minimum absolute atomic E-state index is 0.191. The van der Waals surface area contributed by atoms with E-state index in [0.717, 1.165) is 18.8 Å². The molecule has 17 heavy (non-hydrogen) atoms. The number of aryl methyl sites for hydroxylation is 1. The van der Waals surface area contributed by atoms with Crippen LogP contribution in [0.3, 0.4) is 0 Å². The van der Waals surface area contributed by atoms with E-state index < -0.39 is 0 Å². The molecule has 0 heterocycles. The summed E-state index contributed by atoms with van der Waals surface area (Å²) in [6.07, 6.45) is 1.11. The SMILES string of the molecule is COCCC(C)Oc1cc(C(C)C)ccc1C. The first kappa shape index (κ1) is 14.0. The van der Waals surface area contributed by atoms with Crippen LogP contribution in [0.5, 0.6) is 5.75 Å². The number of hydrogen-bond donors (Lipinski definition) is 0. The van der Waals surface area contributed by atoms with Crippen LogP contribution in [0, 0.1) is 6.92 Å². The van der Waals surface area contributed by atoms with Gasteiger partial charge in [0.25, 0.3) is 0 Å². The summed E-state index contributed by atoms with van der Waals surface area (Å²) in [7, 11) is 1.72. The fourth-order valence-corrected chi connectivity index (χ4v) is 1.66. The number of methoxy groups -OCH3 is 1. The maximum absolute atomic E-state index is 5.96. The molecule has 0 saturated carbocycles. The van der Waals surface area contributed by atoms with Crippen LogP contribution < -0.4 is 4.74 Å². The normalized spacial score (nSPS) is 12.8. The van der Waals surface area contributed by atoms with Crippen LogP contribution in [0.15, 0.2) is 18.2 Å². The predicted octanol–water partition coefficient (Wildman–Crippen LogP) is 3.92. The van der Waals surface area contributed by atoms with Gasteiger partial charge in [-0.2, -0.15) is 0 Å². The van der Waals surface area contributed by atoms with Gasteiger partial charge in [-0.25, -0.2) is 0 Å². The van der Waals surface area contributed by atoms with Crippen LogP contribution >= 0.6 is 0 Å². The molecule has 1 rings (SSSR count). The van der Waals surface area contributed by atoms with Crippen LogP contribution in [-0.4, -0.2) is 19.8 Å². The summed E-state index contributed by atoms with van der Waals surface area (Å²) < 4.78 is 11.0. The lowest BCUT2D eigenvalue weighted by Crippen LogP contribution is -2.15. The highest BCUT2D eigenvalue weighted by Crippen LogP contribution is 2.25. The lowest BCUT2D eigenvalue weighted by Gasteiger charge is -2.17. The fraction of sp³-hybridized carbons (Fsp3) is 0.600. The number of hydrogen-bond acceptors (Lipinski definition) is 2. The van der Waals surface area contributed by atoms with Gasteiger partial charge in [-0.1, -0.05) is 26.0 Å². The Labute approximate surface area is 105 Å². The van der Waals surface area contributed by atoms with Crippen molar-refractivity contribution >= 4 is 0 Å². The maximum atomic E-state index is 5.96. The van der Waals surface area contributed by atoms with E-state index in [9.17, 15) is 0 Å². The molecule has 0 amide bonds. The lowest BCUT2D eigenvalue weighted by molar-refractivity contribution is 0.134. The molecule has 0 aromatic heterocycles. The molecule has 1 atom stereocenters. The van der Waals surface area contributed by atoms with Gasteiger partial charge in [0.1, 0.15) is 5.75 Å². The van der Waals surface area contributed by atoms with Gasteiger partial charge in [0.2, 0.25) is 0 Å². The van der Waals surface area contributed by atoms with Crippen molar-refractivity contribution in [3.8, 4) is 5.75 Å². The predicted molar refractivity (Wildman–Crippen MR) is 71.9 cm³/mol. The Kier molecular flexibility index (Phi) is 5.49. The first-order valence-electron chi connectivity index (χ1n) is 6.30. The van der Waals surface area contributed by atoms with E-state index in [1.165, 1.54) is 11.1 Å². The van der Waals surface area contributed by atoms with E-state index in [4.69, 9.17) is 9.47 Å². The van der Waals surface area contributed by atoms with Crippen LogP contribution in [-0.2, 0) is 4.74 Å². The van der Waals surface area contributed by atoms with Crippen molar-refractivity contribution in [3.63, 3.8) is 0 Å². The van der Waals surface area contributed by atoms with Crippen molar-refractivity contribution < 1.29 is 9.47 Å². The highest BCUT2D eigenvalue weighted by molar-refractivity contribution is 5.37. The largest absolute Gasteiger partial charge is 0.490 e. The second-order valence-electron chi connectivity index (χ2n) is 4.89. The van der Waals surface area contributed by atoms with Crippen molar-refractivity contribution in [1.29, 1.82) is 0 Å². The van der Waals surface area contributed by atoms with Gasteiger partial charge in [-0.05, 0) is 37.0 Å². The zero-order valence-electron chi connectivity index (χ0n) is 11.6. The minimum Gasteiger partial charge on any atom is -0.490 e. The van der Waals surface area contributed by atoms with Gasteiger partial charge < -0.3 is 9.47 Å². The average molecular weight is 236 g/mol. The highest BCUT2D eigenvalue weighted by Gasteiger charge is 2.08. The molecule has 0 radical (unpaired) electrons. The number of rotatable bonds is 6. The molecule has 0 aliphatic rings. The molecular weight excluding hydrogens is 212 g/mol. The molecule has 0 aliphatic heterocycles. The minimum atomic E-state index is 0.191. The summed E-state index contributed by atoms with van der Waals surface area (Å²) in [5.41, 5.74) is 2.52. The van der Waals surface area contributed by atoms with Gasteiger partial charge >= 0.3 is 0 Å². The van der Waals surface area contributed by atoms with Crippen LogP contribution in [0.1, 0.15) is 44.2 Å². The molecule has 0 saturated heterocycles. The van der Waals surface area contributed by atoms with Crippen molar-refractivity contribution in [2.45, 2.75) is 46.1 Å². The second-order valence-corrected chi connectivity index (χ2v) is 4.89. The smallest absolute Gasteiger partial charge is 0.122 e. The Balaban J connectivity index is 2.72. The van der Waals surface area contributed by atoms with Crippen molar-refractivity contribution in [1.82, 2.24) is 0 Å². The molecule has 0 aliphatic carbocycles. The first-order chi connectivity index (χ1) is 8.04. The molecule has 1 aromatic rings. The molecule has 0 fully saturated rings. The molecule has 2 heteroatoms. The molecule has 1 aromatic carbocycles. The third-order valence-electron chi connectivity index (χ3n) is 2.94. The molecule has 2 nitrogen and oxygen atoms in total. The van der Waals surface area contributed by atoms with E-state index in [-0.39, 0.29) is 6.10 Å². The Morgan fingerprint density at radius 1 is 1.18 bits per heavy atom. The van der Waals surface area contributed by atoms with E-state index in [2.05, 4.69) is 45.9 Å². The third kappa shape index (κ3) is 4.39. The molecule has 0 bridgehead atoms. The Morgan fingerprint density at radius 2 is 1.88 bits per heavy atom. The van der Waals surface area contributed by atoms with Crippen molar-refractivity contribution in [2.24, 2.45) is 0 Å². The quantitative estimate of drug-likeness (QED) is 0.745. The summed E-state index contributed by atoms with van der Waals surface area (Å²) in [6.45, 7) is 9.30. The average Bonchev–Trinajstić information content (AvgIpc) is 2.29. The van der Waals surface area contributed by atoms with E-state index in [1.54, 1.807) is 7.11 Å². The molecule has 96 valence electrons.